The summed E-state index contributed by atoms with van der Waals surface area (Å²) in [5.74, 6) is 0.604. The summed E-state index contributed by atoms with van der Waals surface area (Å²) >= 11 is 0. The lowest BCUT2D eigenvalue weighted by Gasteiger charge is -2.12. The van der Waals surface area contributed by atoms with Crippen molar-refractivity contribution in [1.82, 2.24) is 20.1 Å². The Hall–Kier alpha value is -1.67. The van der Waals surface area contributed by atoms with Crippen molar-refractivity contribution in [1.29, 1.82) is 0 Å². The van der Waals surface area contributed by atoms with Gasteiger partial charge < -0.3 is 4.52 Å². The summed E-state index contributed by atoms with van der Waals surface area (Å²) in [6, 6.07) is 0.965. The highest BCUT2D eigenvalue weighted by molar-refractivity contribution is 7.89. The number of aromatic nitrogens is 3. The molecule has 0 aliphatic rings. The fraction of sp³-hybridized carbons (Fsp3) is 0.400. The number of aryl methyl sites for hydroxylation is 2. The van der Waals surface area contributed by atoms with E-state index < -0.39 is 16.1 Å². The second-order valence-electron chi connectivity index (χ2n) is 4.00. The van der Waals surface area contributed by atoms with Crippen LogP contribution in [0.15, 0.2) is 21.8 Å². The molecule has 2 aromatic rings. The third-order valence-corrected chi connectivity index (χ3v) is 4.09. The van der Waals surface area contributed by atoms with Gasteiger partial charge in [0, 0.05) is 11.6 Å². The summed E-state index contributed by atoms with van der Waals surface area (Å²) in [7, 11) is -3.61. The molecule has 0 aliphatic heterocycles. The minimum atomic E-state index is -3.61. The maximum atomic E-state index is 12.0. The average molecular weight is 270 g/mol. The van der Waals surface area contributed by atoms with Crippen LogP contribution in [0.5, 0.6) is 0 Å². The van der Waals surface area contributed by atoms with Gasteiger partial charge in [-0.25, -0.2) is 13.1 Å². The van der Waals surface area contributed by atoms with E-state index >= 15 is 0 Å². The molecule has 0 saturated heterocycles. The smallest absolute Gasteiger partial charge is 0.258 e. The Morgan fingerprint density at radius 2 is 2.17 bits per heavy atom. The Bertz CT molecular complexity index is 611. The van der Waals surface area contributed by atoms with E-state index in [1.54, 1.807) is 20.8 Å². The molecule has 1 atom stereocenters. The first-order valence-corrected chi connectivity index (χ1v) is 6.84. The molecule has 0 radical (unpaired) electrons. The van der Waals surface area contributed by atoms with E-state index in [4.69, 9.17) is 4.52 Å². The minimum Gasteiger partial charge on any atom is -0.361 e. The molecule has 0 saturated carbocycles. The topological polar surface area (TPSA) is 101 Å². The van der Waals surface area contributed by atoms with E-state index in [9.17, 15) is 8.42 Å². The molecule has 7 nitrogen and oxygen atoms in total. The van der Waals surface area contributed by atoms with Crippen molar-refractivity contribution in [3.8, 4) is 0 Å². The molecule has 0 amide bonds. The van der Waals surface area contributed by atoms with Gasteiger partial charge in [0.1, 0.15) is 5.76 Å². The van der Waals surface area contributed by atoms with E-state index in [1.165, 1.54) is 12.3 Å². The first-order chi connectivity index (χ1) is 8.42. The summed E-state index contributed by atoms with van der Waals surface area (Å²) < 4.78 is 31.5. The minimum absolute atomic E-state index is 0.0288. The Morgan fingerprint density at radius 3 is 2.67 bits per heavy atom. The average Bonchev–Trinajstić information content (AvgIpc) is 2.88. The van der Waals surface area contributed by atoms with Crippen molar-refractivity contribution in [3.63, 3.8) is 0 Å². The number of sulfonamides is 1. The Labute approximate surface area is 105 Å². The monoisotopic (exact) mass is 270 g/mol. The van der Waals surface area contributed by atoms with E-state index in [-0.39, 0.29) is 5.03 Å². The first kappa shape index (κ1) is 12.8. The molecular weight excluding hydrogens is 256 g/mol. The molecule has 2 rings (SSSR count). The van der Waals surface area contributed by atoms with Gasteiger partial charge in [-0.2, -0.15) is 5.10 Å². The summed E-state index contributed by atoms with van der Waals surface area (Å²) in [5.41, 5.74) is 1.42. The number of hydrogen-bond acceptors (Lipinski definition) is 5. The lowest BCUT2D eigenvalue weighted by Crippen LogP contribution is -2.27. The quantitative estimate of drug-likeness (QED) is 0.864. The number of hydrogen-bond donors (Lipinski definition) is 2. The maximum absolute atomic E-state index is 12.0. The normalized spacial score (nSPS) is 13.7. The second kappa shape index (κ2) is 4.54. The highest BCUT2D eigenvalue weighted by Crippen LogP contribution is 2.22. The molecule has 0 fully saturated rings. The lowest BCUT2D eigenvalue weighted by atomic mass is 10.1. The van der Waals surface area contributed by atoms with Crippen LogP contribution in [-0.4, -0.2) is 23.8 Å². The van der Waals surface area contributed by atoms with Crippen LogP contribution in [0.25, 0.3) is 0 Å². The summed E-state index contributed by atoms with van der Waals surface area (Å²) in [5, 5.41) is 9.87. The maximum Gasteiger partial charge on any atom is 0.258 e. The van der Waals surface area contributed by atoms with Crippen LogP contribution < -0.4 is 4.72 Å². The predicted molar refractivity (Wildman–Crippen MR) is 63.3 cm³/mol. The zero-order chi connectivity index (χ0) is 13.3. The zero-order valence-corrected chi connectivity index (χ0v) is 11.1. The highest BCUT2D eigenvalue weighted by atomic mass is 32.2. The van der Waals surface area contributed by atoms with Gasteiger partial charge in [0.05, 0.1) is 11.9 Å². The van der Waals surface area contributed by atoms with Crippen LogP contribution in [0.3, 0.4) is 0 Å². The van der Waals surface area contributed by atoms with Gasteiger partial charge in [-0.05, 0) is 26.8 Å². The van der Waals surface area contributed by atoms with Crippen molar-refractivity contribution >= 4 is 10.0 Å². The SMILES string of the molecule is Cc1noc(C)c1C(C)NS(=O)(=O)c1ccn[nH]1. The third-order valence-electron chi connectivity index (χ3n) is 2.62. The van der Waals surface area contributed by atoms with E-state index in [0.29, 0.717) is 11.5 Å². The van der Waals surface area contributed by atoms with Crippen LogP contribution in [0, 0.1) is 13.8 Å². The van der Waals surface area contributed by atoms with Gasteiger partial charge in [-0.15, -0.1) is 0 Å². The van der Waals surface area contributed by atoms with Crippen LogP contribution in [0.4, 0.5) is 0 Å². The summed E-state index contributed by atoms with van der Waals surface area (Å²) in [4.78, 5) is 0. The molecule has 2 heterocycles. The number of rotatable bonds is 4. The Morgan fingerprint density at radius 1 is 1.44 bits per heavy atom. The fourth-order valence-electron chi connectivity index (χ4n) is 1.86. The molecule has 1 unspecified atom stereocenters. The molecule has 0 spiro atoms. The predicted octanol–water partition coefficient (Wildman–Crippen LogP) is 1.05. The van der Waals surface area contributed by atoms with Crippen LogP contribution in [0.1, 0.15) is 30.0 Å². The van der Waals surface area contributed by atoms with Gasteiger partial charge in [-0.1, -0.05) is 5.16 Å². The van der Waals surface area contributed by atoms with E-state index in [0.717, 1.165) is 5.56 Å². The third kappa shape index (κ3) is 2.29. The van der Waals surface area contributed by atoms with Gasteiger partial charge in [0.2, 0.25) is 0 Å². The van der Waals surface area contributed by atoms with Gasteiger partial charge in [0.15, 0.2) is 5.03 Å². The number of aromatic amines is 1. The Balaban J connectivity index is 2.25. The van der Waals surface area contributed by atoms with Crippen molar-refractivity contribution < 1.29 is 12.9 Å². The Kier molecular flexibility index (Phi) is 3.22. The molecule has 0 aliphatic carbocycles. The largest absolute Gasteiger partial charge is 0.361 e. The molecule has 18 heavy (non-hydrogen) atoms. The van der Waals surface area contributed by atoms with Crippen LogP contribution in [-0.2, 0) is 10.0 Å². The summed E-state index contributed by atoms with van der Waals surface area (Å²) in [6.07, 6.45) is 1.38. The van der Waals surface area contributed by atoms with E-state index in [2.05, 4.69) is 20.1 Å². The molecule has 0 bridgehead atoms. The van der Waals surface area contributed by atoms with Gasteiger partial charge >= 0.3 is 0 Å². The standard InChI is InChI=1S/C10H14N4O3S/c1-6-10(8(3)17-13-6)7(2)14-18(15,16)9-4-5-11-12-9/h4-5,7,14H,1-3H3,(H,11,12). The fourth-order valence-corrected chi connectivity index (χ4v) is 2.98. The molecule has 98 valence electrons. The molecule has 8 heteroatoms. The second-order valence-corrected chi connectivity index (χ2v) is 5.68. The molecule has 2 aromatic heterocycles. The van der Waals surface area contributed by atoms with E-state index in [1.807, 2.05) is 0 Å². The number of nitrogens with one attached hydrogen (secondary N) is 2. The highest BCUT2D eigenvalue weighted by Gasteiger charge is 2.23. The first-order valence-electron chi connectivity index (χ1n) is 5.36. The van der Waals surface area contributed by atoms with Gasteiger partial charge in [0.25, 0.3) is 10.0 Å². The van der Waals surface area contributed by atoms with Crippen LogP contribution in [0.2, 0.25) is 0 Å². The molecule has 0 aromatic carbocycles. The molecular formula is C10H14N4O3S. The van der Waals surface area contributed by atoms with Crippen molar-refractivity contribution in [2.75, 3.05) is 0 Å². The molecule has 2 N–H and O–H groups in total. The zero-order valence-electron chi connectivity index (χ0n) is 10.3. The van der Waals surface area contributed by atoms with Crippen molar-refractivity contribution in [3.05, 3.63) is 29.3 Å². The van der Waals surface area contributed by atoms with Gasteiger partial charge in [-0.3, -0.25) is 5.10 Å². The number of nitrogens with zero attached hydrogens (tertiary/aromatic N) is 2. The van der Waals surface area contributed by atoms with Crippen molar-refractivity contribution in [2.24, 2.45) is 0 Å². The van der Waals surface area contributed by atoms with Crippen molar-refractivity contribution in [2.45, 2.75) is 31.8 Å². The van der Waals surface area contributed by atoms with Crippen LogP contribution >= 0.6 is 0 Å². The summed E-state index contributed by atoms with van der Waals surface area (Å²) in [6.45, 7) is 5.25. The lowest BCUT2D eigenvalue weighted by molar-refractivity contribution is 0.391. The number of H-pyrrole nitrogens is 1.